The molecule has 0 spiro atoms. The van der Waals surface area contributed by atoms with Crippen LogP contribution in [0.25, 0.3) is 0 Å². The van der Waals surface area contributed by atoms with E-state index in [4.69, 9.17) is 0 Å². The van der Waals surface area contributed by atoms with Gasteiger partial charge >= 0.3 is 0 Å². The smallest absolute Gasteiger partial charge is 0.0959 e. The number of pyridine rings is 1. The van der Waals surface area contributed by atoms with Crippen LogP contribution >= 0.6 is 11.8 Å². The summed E-state index contributed by atoms with van der Waals surface area (Å²) in [6, 6.07) is 6.10. The molecule has 1 fully saturated rings. The number of fused-ring (bicyclic) bond motifs is 2. The minimum absolute atomic E-state index is 0.277. The molecule has 4 rings (SSSR count). The molecule has 1 saturated heterocycles. The van der Waals surface area contributed by atoms with Crippen LogP contribution in [0.3, 0.4) is 0 Å². The van der Waals surface area contributed by atoms with Gasteiger partial charge in [-0.25, -0.2) is 4.98 Å². The first kappa shape index (κ1) is 16.0. The molecule has 0 bridgehead atoms. The molecule has 4 unspecified atom stereocenters. The number of hydrogen-bond donors (Lipinski definition) is 1. The highest BCUT2D eigenvalue weighted by atomic mass is 32.2. The van der Waals surface area contributed by atoms with Gasteiger partial charge in [0.1, 0.15) is 0 Å². The van der Waals surface area contributed by atoms with Crippen LogP contribution in [0.5, 0.6) is 0 Å². The van der Waals surface area contributed by atoms with Crippen molar-refractivity contribution in [2.75, 3.05) is 19.3 Å². The Morgan fingerprint density at radius 3 is 3.08 bits per heavy atom. The number of piperidine rings is 1. The highest BCUT2D eigenvalue weighted by Crippen LogP contribution is 2.43. The Labute approximate surface area is 148 Å². The summed E-state index contributed by atoms with van der Waals surface area (Å²) < 4.78 is 0. The molecule has 1 aliphatic heterocycles. The molecule has 1 aromatic heterocycles. The van der Waals surface area contributed by atoms with Gasteiger partial charge in [0.2, 0.25) is 0 Å². The van der Waals surface area contributed by atoms with Crippen LogP contribution in [-0.4, -0.2) is 40.4 Å². The van der Waals surface area contributed by atoms with Gasteiger partial charge in [-0.3, -0.25) is 0 Å². The molecular formula is C20H24N2OS. The van der Waals surface area contributed by atoms with E-state index in [0.29, 0.717) is 11.8 Å². The quantitative estimate of drug-likeness (QED) is 0.855. The van der Waals surface area contributed by atoms with Crippen molar-refractivity contribution in [3.63, 3.8) is 0 Å². The molecule has 1 aromatic rings. The molecule has 4 heteroatoms. The highest BCUT2D eigenvalue weighted by Gasteiger charge is 2.37. The van der Waals surface area contributed by atoms with Crippen molar-refractivity contribution in [1.29, 1.82) is 0 Å². The summed E-state index contributed by atoms with van der Waals surface area (Å²) in [5.74, 6) is 2.63. The second kappa shape index (κ2) is 6.77. The number of rotatable bonds is 3. The SMILES string of the molecule is CN1CC(CSc2ccccn2)CC2CC3C(=CC=CC3O)C=C21. The summed E-state index contributed by atoms with van der Waals surface area (Å²) in [4.78, 5) is 6.85. The van der Waals surface area contributed by atoms with Gasteiger partial charge in [0.15, 0.2) is 0 Å². The molecule has 126 valence electrons. The number of likely N-dealkylation sites (tertiary alicyclic amines) is 1. The predicted molar refractivity (Wildman–Crippen MR) is 98.6 cm³/mol. The van der Waals surface area contributed by atoms with E-state index < -0.39 is 0 Å². The van der Waals surface area contributed by atoms with Gasteiger partial charge in [-0.15, -0.1) is 11.8 Å². The molecule has 2 aliphatic carbocycles. The van der Waals surface area contributed by atoms with E-state index in [1.807, 2.05) is 36.2 Å². The number of aromatic nitrogens is 1. The Bertz CT molecular complexity index is 682. The monoisotopic (exact) mass is 340 g/mol. The molecule has 3 aliphatic rings. The summed E-state index contributed by atoms with van der Waals surface area (Å²) in [6.07, 6.45) is 12.2. The lowest BCUT2D eigenvalue weighted by Crippen LogP contribution is -2.41. The average molecular weight is 340 g/mol. The zero-order valence-corrected chi connectivity index (χ0v) is 14.8. The Hall–Kier alpha value is -1.52. The second-order valence-electron chi connectivity index (χ2n) is 7.11. The summed E-state index contributed by atoms with van der Waals surface area (Å²) >= 11 is 1.86. The van der Waals surface area contributed by atoms with Gasteiger partial charge in [-0.2, -0.15) is 0 Å². The fourth-order valence-corrected chi connectivity index (χ4v) is 5.20. The van der Waals surface area contributed by atoms with Crippen molar-refractivity contribution in [2.45, 2.75) is 24.0 Å². The molecule has 0 amide bonds. The first-order chi connectivity index (χ1) is 11.7. The van der Waals surface area contributed by atoms with E-state index in [1.54, 1.807) is 0 Å². The minimum Gasteiger partial charge on any atom is -0.388 e. The van der Waals surface area contributed by atoms with Crippen LogP contribution in [0.2, 0.25) is 0 Å². The molecule has 4 atom stereocenters. The largest absolute Gasteiger partial charge is 0.388 e. The van der Waals surface area contributed by atoms with Gasteiger partial charge in [-0.1, -0.05) is 24.3 Å². The minimum atomic E-state index is -0.323. The molecule has 2 heterocycles. The second-order valence-corrected chi connectivity index (χ2v) is 8.15. The summed E-state index contributed by atoms with van der Waals surface area (Å²) in [5, 5.41) is 11.4. The first-order valence-corrected chi connectivity index (χ1v) is 9.72. The fraction of sp³-hybridized carbons (Fsp3) is 0.450. The molecule has 24 heavy (non-hydrogen) atoms. The summed E-state index contributed by atoms with van der Waals surface area (Å²) in [5.41, 5.74) is 2.75. The maximum atomic E-state index is 10.3. The van der Waals surface area contributed by atoms with E-state index in [1.165, 1.54) is 17.7 Å². The lowest BCUT2D eigenvalue weighted by molar-refractivity contribution is 0.128. The van der Waals surface area contributed by atoms with Crippen molar-refractivity contribution in [1.82, 2.24) is 9.88 Å². The molecule has 1 N–H and O–H groups in total. The van der Waals surface area contributed by atoms with E-state index in [-0.39, 0.29) is 12.0 Å². The third kappa shape index (κ3) is 3.17. The van der Waals surface area contributed by atoms with Crippen LogP contribution in [0, 0.1) is 17.8 Å². The van der Waals surface area contributed by atoms with Gasteiger partial charge in [0, 0.05) is 37.2 Å². The standard InChI is InChI=1S/C20H24N2OS/c1-22-12-14(13-24-20-7-2-3-8-21-20)9-16-10-17-15(11-18(16)22)5-4-6-19(17)23/h2-8,11,14,16-17,19,23H,9-10,12-13H2,1H3. The Balaban J connectivity index is 1.45. The first-order valence-electron chi connectivity index (χ1n) is 8.73. The van der Waals surface area contributed by atoms with Crippen molar-refractivity contribution in [3.05, 3.63) is 60.0 Å². The summed E-state index contributed by atoms with van der Waals surface area (Å²) in [6.45, 7) is 1.11. The number of thioether (sulfide) groups is 1. The van der Waals surface area contributed by atoms with Crippen LogP contribution < -0.4 is 0 Å². The lowest BCUT2D eigenvalue weighted by atomic mass is 9.72. The lowest BCUT2D eigenvalue weighted by Gasteiger charge is -2.44. The average Bonchev–Trinajstić information content (AvgIpc) is 2.60. The zero-order chi connectivity index (χ0) is 16.5. The fourth-order valence-electron chi connectivity index (χ4n) is 4.25. The zero-order valence-electron chi connectivity index (χ0n) is 14.0. The maximum Gasteiger partial charge on any atom is 0.0959 e. The molecule has 0 saturated carbocycles. The van der Waals surface area contributed by atoms with E-state index >= 15 is 0 Å². The third-order valence-electron chi connectivity index (χ3n) is 5.40. The van der Waals surface area contributed by atoms with E-state index in [9.17, 15) is 5.11 Å². The van der Waals surface area contributed by atoms with E-state index in [0.717, 1.165) is 23.7 Å². The van der Waals surface area contributed by atoms with E-state index in [2.05, 4.69) is 41.2 Å². The Morgan fingerprint density at radius 1 is 1.33 bits per heavy atom. The van der Waals surface area contributed by atoms with Gasteiger partial charge in [0.05, 0.1) is 11.1 Å². The Morgan fingerprint density at radius 2 is 2.25 bits per heavy atom. The normalized spacial score (nSPS) is 31.8. The predicted octanol–water partition coefficient (Wildman–Crippen LogP) is 3.50. The van der Waals surface area contributed by atoms with Crippen LogP contribution in [0.15, 0.2) is 65.0 Å². The van der Waals surface area contributed by atoms with Crippen molar-refractivity contribution >= 4 is 11.8 Å². The van der Waals surface area contributed by atoms with Crippen LogP contribution in [0.1, 0.15) is 12.8 Å². The number of nitrogens with zero attached hydrogens (tertiary/aromatic N) is 2. The van der Waals surface area contributed by atoms with Crippen LogP contribution in [-0.2, 0) is 0 Å². The van der Waals surface area contributed by atoms with Crippen molar-refractivity contribution in [3.8, 4) is 0 Å². The van der Waals surface area contributed by atoms with Crippen molar-refractivity contribution < 1.29 is 5.11 Å². The molecule has 3 nitrogen and oxygen atoms in total. The van der Waals surface area contributed by atoms with Crippen molar-refractivity contribution in [2.24, 2.45) is 17.8 Å². The number of allylic oxidation sites excluding steroid dienone is 4. The molecule has 0 aromatic carbocycles. The van der Waals surface area contributed by atoms with Gasteiger partial charge in [-0.05, 0) is 48.5 Å². The third-order valence-corrected chi connectivity index (χ3v) is 6.58. The highest BCUT2D eigenvalue weighted by molar-refractivity contribution is 7.99. The van der Waals surface area contributed by atoms with Gasteiger partial charge < -0.3 is 10.0 Å². The van der Waals surface area contributed by atoms with Gasteiger partial charge in [0.25, 0.3) is 0 Å². The Kier molecular flexibility index (Phi) is 4.51. The number of aliphatic hydroxyl groups excluding tert-OH is 1. The topological polar surface area (TPSA) is 36.4 Å². The molecular weight excluding hydrogens is 316 g/mol. The molecule has 0 radical (unpaired) electrons. The number of hydrogen-bond acceptors (Lipinski definition) is 4. The maximum absolute atomic E-state index is 10.3. The number of aliphatic hydroxyl groups is 1. The van der Waals surface area contributed by atoms with Crippen LogP contribution in [0.4, 0.5) is 0 Å². The summed E-state index contributed by atoms with van der Waals surface area (Å²) in [7, 11) is 2.21.